The number of hydrogen-bond acceptors (Lipinski definition) is 6. The summed E-state index contributed by atoms with van der Waals surface area (Å²) in [5.41, 5.74) is 6.36. The molecule has 0 saturated heterocycles. The van der Waals surface area contributed by atoms with Gasteiger partial charge < -0.3 is 11.1 Å². The summed E-state index contributed by atoms with van der Waals surface area (Å²) >= 11 is 1.51. The predicted octanol–water partition coefficient (Wildman–Crippen LogP) is 1.72. The number of hydrogen-bond donors (Lipinski definition) is 3. The van der Waals surface area contributed by atoms with Gasteiger partial charge in [-0.3, -0.25) is 0 Å². The van der Waals surface area contributed by atoms with Crippen molar-refractivity contribution >= 4 is 32.7 Å². The lowest BCUT2D eigenvalue weighted by molar-refractivity contribution is 0.596. The normalized spacial score (nSPS) is 12.3. The van der Waals surface area contributed by atoms with E-state index in [4.69, 9.17) is 10.9 Å². The monoisotopic (exact) mass is 312 g/mol. The van der Waals surface area contributed by atoms with Crippen LogP contribution in [0.3, 0.4) is 0 Å². The second kappa shape index (κ2) is 5.04. The van der Waals surface area contributed by atoms with Crippen molar-refractivity contribution < 1.29 is 8.42 Å². The molecule has 20 heavy (non-hydrogen) atoms. The van der Waals surface area contributed by atoms with Crippen LogP contribution < -0.4 is 16.2 Å². The quantitative estimate of drug-likeness (QED) is 0.744. The van der Waals surface area contributed by atoms with E-state index < -0.39 is 15.6 Å². The van der Waals surface area contributed by atoms with Crippen LogP contribution in [0.15, 0.2) is 34.7 Å². The van der Waals surface area contributed by atoms with Gasteiger partial charge in [0.15, 0.2) is 0 Å². The smallest absolute Gasteiger partial charge is 0.238 e. The van der Waals surface area contributed by atoms with Gasteiger partial charge in [-0.25, -0.2) is 18.5 Å². The Hall–Kier alpha value is -1.64. The minimum absolute atomic E-state index is 0.0177. The number of primary sulfonamides is 1. The first-order chi connectivity index (χ1) is 9.20. The summed E-state index contributed by atoms with van der Waals surface area (Å²) in [5, 5.41) is 11.1. The summed E-state index contributed by atoms with van der Waals surface area (Å²) in [6.45, 7) is 3.88. The standard InChI is InChI=1S/C12H16N4O2S2/c1-12(2,11-15-5-6-19-11)16-10-7-8(20(14,17)18)3-4-9(10)13/h3-7,16H,13H2,1-2H3,(H2,14,17,18). The van der Waals surface area contributed by atoms with Gasteiger partial charge in [0, 0.05) is 11.6 Å². The van der Waals surface area contributed by atoms with Crippen molar-refractivity contribution in [1.82, 2.24) is 4.98 Å². The Balaban J connectivity index is 2.39. The Bertz CT molecular complexity index is 709. The predicted molar refractivity (Wildman–Crippen MR) is 81.0 cm³/mol. The molecule has 6 nitrogen and oxygen atoms in total. The van der Waals surface area contributed by atoms with E-state index in [9.17, 15) is 8.42 Å². The molecule has 0 radical (unpaired) electrons. The lowest BCUT2D eigenvalue weighted by atomic mass is 10.1. The number of nitrogens with one attached hydrogen (secondary N) is 1. The number of nitrogens with zero attached hydrogens (tertiary/aromatic N) is 1. The molecule has 108 valence electrons. The molecule has 5 N–H and O–H groups in total. The molecule has 0 saturated carbocycles. The topological polar surface area (TPSA) is 111 Å². The van der Waals surface area contributed by atoms with E-state index in [0.29, 0.717) is 11.4 Å². The van der Waals surface area contributed by atoms with Crippen LogP contribution in [0.4, 0.5) is 11.4 Å². The van der Waals surface area contributed by atoms with Crippen molar-refractivity contribution in [2.45, 2.75) is 24.3 Å². The summed E-state index contributed by atoms with van der Waals surface area (Å²) in [6, 6.07) is 4.33. The molecule has 0 spiro atoms. The minimum Gasteiger partial charge on any atom is -0.397 e. The lowest BCUT2D eigenvalue weighted by Gasteiger charge is -2.26. The van der Waals surface area contributed by atoms with Crippen molar-refractivity contribution in [3.63, 3.8) is 0 Å². The van der Waals surface area contributed by atoms with Crippen molar-refractivity contribution in [2.24, 2.45) is 5.14 Å². The van der Waals surface area contributed by atoms with E-state index in [-0.39, 0.29) is 4.90 Å². The minimum atomic E-state index is -3.76. The van der Waals surface area contributed by atoms with E-state index in [1.165, 1.54) is 29.5 Å². The van der Waals surface area contributed by atoms with Crippen molar-refractivity contribution in [3.05, 3.63) is 34.8 Å². The molecule has 1 aromatic heterocycles. The SMILES string of the molecule is CC(C)(Nc1cc(S(N)(=O)=O)ccc1N)c1nccs1. The maximum atomic E-state index is 11.4. The van der Waals surface area contributed by atoms with Gasteiger partial charge >= 0.3 is 0 Å². The molecule has 0 amide bonds. The van der Waals surface area contributed by atoms with E-state index in [0.717, 1.165) is 5.01 Å². The van der Waals surface area contributed by atoms with Gasteiger partial charge in [-0.05, 0) is 32.0 Å². The van der Waals surface area contributed by atoms with Crippen LogP contribution in [0.5, 0.6) is 0 Å². The second-order valence-corrected chi connectivity index (χ2v) is 7.34. The van der Waals surface area contributed by atoms with Crippen molar-refractivity contribution in [2.75, 3.05) is 11.1 Å². The number of thiazole rings is 1. The molecule has 0 fully saturated rings. The first-order valence-corrected chi connectivity index (χ1v) is 8.23. The molecule has 2 rings (SSSR count). The molecule has 0 bridgehead atoms. The summed E-state index contributed by atoms with van der Waals surface area (Å²) in [4.78, 5) is 4.27. The maximum absolute atomic E-state index is 11.4. The summed E-state index contributed by atoms with van der Waals surface area (Å²) in [7, 11) is -3.76. The summed E-state index contributed by atoms with van der Waals surface area (Å²) < 4.78 is 22.8. The van der Waals surface area contributed by atoms with Gasteiger partial charge in [0.2, 0.25) is 10.0 Å². The van der Waals surface area contributed by atoms with Crippen LogP contribution in [0, 0.1) is 0 Å². The molecular formula is C12H16N4O2S2. The molecule has 0 aliphatic heterocycles. The van der Waals surface area contributed by atoms with Gasteiger partial charge in [-0.15, -0.1) is 11.3 Å². The van der Waals surface area contributed by atoms with E-state index >= 15 is 0 Å². The van der Waals surface area contributed by atoms with Crippen LogP contribution in [-0.4, -0.2) is 13.4 Å². The number of benzene rings is 1. The van der Waals surface area contributed by atoms with Gasteiger partial charge in [-0.2, -0.15) is 0 Å². The number of nitrogens with two attached hydrogens (primary N) is 2. The molecule has 1 aromatic carbocycles. The number of sulfonamides is 1. The molecule has 0 unspecified atom stereocenters. The fourth-order valence-corrected chi connectivity index (χ4v) is 3.00. The van der Waals surface area contributed by atoms with Crippen LogP contribution in [-0.2, 0) is 15.6 Å². The Labute approximate surface area is 121 Å². The summed E-state index contributed by atoms with van der Waals surface area (Å²) in [6.07, 6.45) is 1.72. The Morgan fingerprint density at radius 2 is 2.05 bits per heavy atom. The average molecular weight is 312 g/mol. The Kier molecular flexibility index (Phi) is 3.72. The first kappa shape index (κ1) is 14.8. The number of rotatable bonds is 4. The number of nitrogen functional groups attached to an aromatic ring is 1. The molecular weight excluding hydrogens is 296 g/mol. The largest absolute Gasteiger partial charge is 0.397 e. The van der Waals surface area contributed by atoms with Gasteiger partial charge in [0.1, 0.15) is 5.01 Å². The van der Waals surface area contributed by atoms with Gasteiger partial charge in [0.05, 0.1) is 21.8 Å². The Morgan fingerprint density at radius 3 is 2.60 bits per heavy atom. The zero-order valence-corrected chi connectivity index (χ0v) is 12.8. The highest BCUT2D eigenvalue weighted by molar-refractivity contribution is 7.89. The molecule has 1 heterocycles. The van der Waals surface area contributed by atoms with Crippen molar-refractivity contribution in [1.29, 1.82) is 0 Å². The van der Waals surface area contributed by atoms with Crippen LogP contribution in [0.1, 0.15) is 18.9 Å². The lowest BCUT2D eigenvalue weighted by Crippen LogP contribution is -2.28. The molecule has 8 heteroatoms. The number of aromatic nitrogens is 1. The zero-order chi connectivity index (χ0) is 15.0. The molecule has 2 aromatic rings. The fraction of sp³-hybridized carbons (Fsp3) is 0.250. The van der Waals surface area contributed by atoms with Crippen LogP contribution >= 0.6 is 11.3 Å². The molecule has 0 atom stereocenters. The van der Waals surface area contributed by atoms with Gasteiger partial charge in [0.25, 0.3) is 0 Å². The average Bonchev–Trinajstić information content (AvgIpc) is 2.84. The third-order valence-corrected chi connectivity index (χ3v) is 4.78. The highest BCUT2D eigenvalue weighted by Gasteiger charge is 2.24. The number of anilines is 2. The van der Waals surface area contributed by atoms with E-state index in [1.807, 2.05) is 19.2 Å². The van der Waals surface area contributed by atoms with E-state index in [2.05, 4.69) is 10.3 Å². The summed E-state index contributed by atoms with van der Waals surface area (Å²) in [5.74, 6) is 0. The first-order valence-electron chi connectivity index (χ1n) is 5.80. The molecule has 0 aliphatic carbocycles. The van der Waals surface area contributed by atoms with Crippen LogP contribution in [0.2, 0.25) is 0 Å². The van der Waals surface area contributed by atoms with E-state index in [1.54, 1.807) is 6.20 Å². The highest BCUT2D eigenvalue weighted by atomic mass is 32.2. The van der Waals surface area contributed by atoms with Gasteiger partial charge in [-0.1, -0.05) is 0 Å². The van der Waals surface area contributed by atoms with Crippen molar-refractivity contribution in [3.8, 4) is 0 Å². The fourth-order valence-electron chi connectivity index (χ4n) is 1.74. The molecule has 0 aliphatic rings. The Morgan fingerprint density at radius 1 is 1.35 bits per heavy atom. The maximum Gasteiger partial charge on any atom is 0.238 e. The third-order valence-electron chi connectivity index (χ3n) is 2.77. The third kappa shape index (κ3) is 3.09. The van der Waals surface area contributed by atoms with Crippen LogP contribution in [0.25, 0.3) is 0 Å². The zero-order valence-electron chi connectivity index (χ0n) is 11.1. The highest BCUT2D eigenvalue weighted by Crippen LogP contribution is 2.31. The second-order valence-electron chi connectivity index (χ2n) is 4.88.